The number of benzene rings is 1. The van der Waals surface area contributed by atoms with E-state index >= 15 is 0 Å². The van der Waals surface area contributed by atoms with Crippen LogP contribution in [-0.2, 0) is 0 Å². The molecule has 0 radical (unpaired) electrons. The molecule has 0 bridgehead atoms. The van der Waals surface area contributed by atoms with E-state index in [9.17, 15) is 5.11 Å². The van der Waals surface area contributed by atoms with E-state index in [1.165, 1.54) is 6.33 Å². The van der Waals surface area contributed by atoms with Crippen LogP contribution in [0.3, 0.4) is 0 Å². The lowest BCUT2D eigenvalue weighted by atomic mass is 10.1. The Morgan fingerprint density at radius 1 is 1.47 bits per heavy atom. The van der Waals surface area contributed by atoms with Gasteiger partial charge in [0.05, 0.1) is 16.8 Å². The Labute approximate surface area is 92.1 Å². The molecule has 1 N–H and O–H groups in total. The van der Waals surface area contributed by atoms with E-state index in [2.05, 4.69) is 10.1 Å². The monoisotopic (exact) mass is 223 g/mol. The number of rotatable bonds is 2. The fourth-order valence-corrected chi connectivity index (χ4v) is 1.58. The van der Waals surface area contributed by atoms with Crippen LogP contribution in [0.4, 0.5) is 0 Å². The van der Waals surface area contributed by atoms with Gasteiger partial charge in [0.1, 0.15) is 12.7 Å². The zero-order chi connectivity index (χ0) is 10.8. The maximum absolute atomic E-state index is 9.38. The predicted octanol–water partition coefficient (Wildman–Crippen LogP) is 1.97. The molecule has 2 aromatic rings. The minimum absolute atomic E-state index is 0.521. The van der Waals surface area contributed by atoms with Crippen LogP contribution in [0.5, 0.6) is 0 Å². The number of hydrogen-bond donors (Lipinski definition) is 1. The second-order valence-electron chi connectivity index (χ2n) is 3.23. The first-order valence-electron chi connectivity index (χ1n) is 4.51. The van der Waals surface area contributed by atoms with Gasteiger partial charge in [0.2, 0.25) is 0 Å². The molecule has 5 heteroatoms. The highest BCUT2D eigenvalue weighted by molar-refractivity contribution is 6.32. The van der Waals surface area contributed by atoms with Gasteiger partial charge < -0.3 is 5.11 Å². The Morgan fingerprint density at radius 3 is 2.80 bits per heavy atom. The Morgan fingerprint density at radius 2 is 2.27 bits per heavy atom. The first-order valence-corrected chi connectivity index (χ1v) is 4.89. The van der Waals surface area contributed by atoms with Gasteiger partial charge in [-0.3, -0.25) is 0 Å². The lowest BCUT2D eigenvalue weighted by Gasteiger charge is -2.08. The normalized spacial score (nSPS) is 12.7. The summed E-state index contributed by atoms with van der Waals surface area (Å²) >= 11 is 6.07. The first kappa shape index (κ1) is 10.1. The lowest BCUT2D eigenvalue weighted by Crippen LogP contribution is -1.97. The van der Waals surface area contributed by atoms with Crippen molar-refractivity contribution in [2.24, 2.45) is 0 Å². The van der Waals surface area contributed by atoms with Crippen LogP contribution in [0.2, 0.25) is 5.02 Å². The van der Waals surface area contributed by atoms with Crippen molar-refractivity contribution in [3.05, 3.63) is 41.4 Å². The summed E-state index contributed by atoms with van der Waals surface area (Å²) in [5.41, 5.74) is 1.53. The summed E-state index contributed by atoms with van der Waals surface area (Å²) in [6.45, 7) is 1.70. The Hall–Kier alpha value is -1.39. The Kier molecular flexibility index (Phi) is 2.70. The van der Waals surface area contributed by atoms with Gasteiger partial charge in [-0.05, 0) is 24.6 Å². The molecular weight excluding hydrogens is 214 g/mol. The predicted molar refractivity (Wildman–Crippen MR) is 57.0 cm³/mol. The maximum Gasteiger partial charge on any atom is 0.138 e. The number of nitrogens with zero attached hydrogens (tertiary/aromatic N) is 3. The lowest BCUT2D eigenvalue weighted by molar-refractivity contribution is 0.199. The molecule has 0 saturated carbocycles. The van der Waals surface area contributed by atoms with E-state index in [0.29, 0.717) is 5.02 Å². The summed E-state index contributed by atoms with van der Waals surface area (Å²) in [6, 6.07) is 5.34. The van der Waals surface area contributed by atoms with Gasteiger partial charge in [-0.15, -0.1) is 0 Å². The quantitative estimate of drug-likeness (QED) is 0.847. The van der Waals surface area contributed by atoms with E-state index in [4.69, 9.17) is 11.6 Å². The second kappa shape index (κ2) is 4.00. The largest absolute Gasteiger partial charge is 0.389 e. The molecule has 0 aliphatic carbocycles. The molecule has 0 spiro atoms. The van der Waals surface area contributed by atoms with Gasteiger partial charge in [-0.2, -0.15) is 5.10 Å². The number of hydrogen-bond acceptors (Lipinski definition) is 3. The van der Waals surface area contributed by atoms with Crippen molar-refractivity contribution in [1.82, 2.24) is 14.8 Å². The molecule has 1 aromatic carbocycles. The summed E-state index contributed by atoms with van der Waals surface area (Å²) < 4.78 is 1.58. The third-order valence-electron chi connectivity index (χ3n) is 2.12. The van der Waals surface area contributed by atoms with Gasteiger partial charge in [0.25, 0.3) is 0 Å². The van der Waals surface area contributed by atoms with Crippen molar-refractivity contribution >= 4 is 11.6 Å². The molecule has 1 atom stereocenters. The average Bonchev–Trinajstić information content (AvgIpc) is 2.70. The van der Waals surface area contributed by atoms with Crippen LogP contribution in [-0.4, -0.2) is 19.9 Å². The summed E-state index contributed by atoms with van der Waals surface area (Å²) in [5.74, 6) is 0. The highest BCUT2D eigenvalue weighted by atomic mass is 35.5. The molecule has 0 saturated heterocycles. The van der Waals surface area contributed by atoms with Gasteiger partial charge >= 0.3 is 0 Å². The van der Waals surface area contributed by atoms with Gasteiger partial charge in [-0.25, -0.2) is 9.67 Å². The van der Waals surface area contributed by atoms with E-state index in [1.54, 1.807) is 30.1 Å². The molecule has 1 heterocycles. The van der Waals surface area contributed by atoms with Crippen LogP contribution in [0.1, 0.15) is 18.6 Å². The van der Waals surface area contributed by atoms with Gasteiger partial charge in [0.15, 0.2) is 0 Å². The molecular formula is C10H10ClN3O. The summed E-state index contributed by atoms with van der Waals surface area (Å²) in [6.07, 6.45) is 2.50. The summed E-state index contributed by atoms with van der Waals surface area (Å²) in [4.78, 5) is 3.84. The topological polar surface area (TPSA) is 50.9 Å². The average molecular weight is 224 g/mol. The van der Waals surface area contributed by atoms with E-state index < -0.39 is 6.10 Å². The van der Waals surface area contributed by atoms with Crippen molar-refractivity contribution in [3.8, 4) is 5.69 Å². The third kappa shape index (κ3) is 2.00. The molecule has 0 fully saturated rings. The van der Waals surface area contributed by atoms with Crippen LogP contribution < -0.4 is 0 Å². The molecule has 1 aromatic heterocycles. The summed E-state index contributed by atoms with van der Waals surface area (Å²) in [7, 11) is 0. The second-order valence-corrected chi connectivity index (χ2v) is 3.63. The van der Waals surface area contributed by atoms with Crippen molar-refractivity contribution in [3.63, 3.8) is 0 Å². The Bertz CT molecular complexity index is 454. The molecule has 0 aliphatic heterocycles. The summed E-state index contributed by atoms with van der Waals surface area (Å²) in [5, 5.41) is 13.9. The van der Waals surface area contributed by atoms with Crippen molar-refractivity contribution in [2.45, 2.75) is 13.0 Å². The molecule has 0 aliphatic rings. The molecule has 0 unspecified atom stereocenters. The number of aromatic nitrogens is 3. The fraction of sp³-hybridized carbons (Fsp3) is 0.200. The van der Waals surface area contributed by atoms with E-state index in [0.717, 1.165) is 11.3 Å². The number of aliphatic hydroxyl groups excluding tert-OH is 1. The Balaban J connectivity index is 2.44. The molecule has 78 valence electrons. The zero-order valence-electron chi connectivity index (χ0n) is 8.13. The molecule has 15 heavy (non-hydrogen) atoms. The minimum atomic E-state index is -0.521. The standard InChI is InChI=1S/C10H10ClN3O/c1-7(15)8-2-3-10(9(11)4-8)14-6-12-5-13-14/h2-7,15H,1H3/t7-/m0/s1. The van der Waals surface area contributed by atoms with Crippen molar-refractivity contribution < 1.29 is 5.11 Å². The van der Waals surface area contributed by atoms with Crippen molar-refractivity contribution in [1.29, 1.82) is 0 Å². The zero-order valence-corrected chi connectivity index (χ0v) is 8.89. The SMILES string of the molecule is C[C@H](O)c1ccc(-n2cncn2)c(Cl)c1. The maximum atomic E-state index is 9.38. The first-order chi connectivity index (χ1) is 7.18. The van der Waals surface area contributed by atoms with E-state index in [1.807, 2.05) is 6.07 Å². The molecule has 0 amide bonds. The van der Waals surface area contributed by atoms with Crippen molar-refractivity contribution in [2.75, 3.05) is 0 Å². The third-order valence-corrected chi connectivity index (χ3v) is 2.42. The number of halogens is 1. The minimum Gasteiger partial charge on any atom is -0.389 e. The van der Waals surface area contributed by atoms with Gasteiger partial charge in [-0.1, -0.05) is 17.7 Å². The smallest absolute Gasteiger partial charge is 0.138 e. The van der Waals surface area contributed by atoms with Crippen LogP contribution in [0, 0.1) is 0 Å². The van der Waals surface area contributed by atoms with E-state index in [-0.39, 0.29) is 0 Å². The fourth-order valence-electron chi connectivity index (χ4n) is 1.30. The van der Waals surface area contributed by atoms with Gasteiger partial charge in [0, 0.05) is 0 Å². The highest BCUT2D eigenvalue weighted by Gasteiger charge is 2.07. The molecule has 4 nitrogen and oxygen atoms in total. The number of aliphatic hydroxyl groups is 1. The van der Waals surface area contributed by atoms with Crippen LogP contribution >= 0.6 is 11.6 Å². The molecule has 2 rings (SSSR count). The highest BCUT2D eigenvalue weighted by Crippen LogP contribution is 2.23. The van der Waals surface area contributed by atoms with Crippen LogP contribution in [0.15, 0.2) is 30.9 Å². The van der Waals surface area contributed by atoms with Crippen LogP contribution in [0.25, 0.3) is 5.69 Å².